The van der Waals surface area contributed by atoms with E-state index in [4.69, 9.17) is 0 Å². The summed E-state index contributed by atoms with van der Waals surface area (Å²) in [6.07, 6.45) is 6.08. The Labute approximate surface area is 121 Å². The molecule has 1 aromatic carbocycles. The summed E-state index contributed by atoms with van der Waals surface area (Å²) in [7, 11) is -3.17. The molecule has 0 saturated carbocycles. The van der Waals surface area contributed by atoms with Gasteiger partial charge in [-0.05, 0) is 43.5 Å². The van der Waals surface area contributed by atoms with Crippen molar-refractivity contribution in [2.45, 2.75) is 49.1 Å². The van der Waals surface area contributed by atoms with E-state index >= 15 is 0 Å². The molecular weight excluding hydrogens is 274 g/mol. The molecule has 2 atom stereocenters. The molecule has 2 unspecified atom stereocenters. The van der Waals surface area contributed by atoms with Crippen LogP contribution in [0.1, 0.15) is 43.8 Å². The van der Waals surface area contributed by atoms with Crippen LogP contribution >= 0.6 is 0 Å². The number of sulfone groups is 1. The maximum absolute atomic E-state index is 11.4. The minimum Gasteiger partial charge on any atom is -0.388 e. The van der Waals surface area contributed by atoms with Crippen LogP contribution in [0.25, 0.3) is 0 Å². The Morgan fingerprint density at radius 2 is 1.95 bits per heavy atom. The van der Waals surface area contributed by atoms with Crippen LogP contribution in [0.3, 0.4) is 0 Å². The summed E-state index contributed by atoms with van der Waals surface area (Å²) in [5.41, 5.74) is 0.781. The molecule has 0 spiro atoms. The molecule has 2 N–H and O–H groups in total. The van der Waals surface area contributed by atoms with Crippen LogP contribution in [-0.2, 0) is 9.84 Å². The van der Waals surface area contributed by atoms with Crippen molar-refractivity contribution >= 4 is 9.84 Å². The number of aliphatic hydroxyl groups is 1. The van der Waals surface area contributed by atoms with Gasteiger partial charge in [0, 0.05) is 12.3 Å². The molecule has 1 fully saturated rings. The van der Waals surface area contributed by atoms with Gasteiger partial charge >= 0.3 is 0 Å². The number of rotatable bonds is 4. The van der Waals surface area contributed by atoms with Crippen LogP contribution in [-0.4, -0.2) is 32.4 Å². The second-order valence-corrected chi connectivity index (χ2v) is 7.61. The van der Waals surface area contributed by atoms with Gasteiger partial charge in [0.15, 0.2) is 9.84 Å². The fourth-order valence-corrected chi connectivity index (χ4v) is 3.28. The molecule has 0 aliphatic carbocycles. The van der Waals surface area contributed by atoms with Gasteiger partial charge < -0.3 is 10.4 Å². The number of hydrogen-bond donors (Lipinski definition) is 2. The van der Waals surface area contributed by atoms with E-state index in [9.17, 15) is 13.5 Å². The molecule has 0 radical (unpaired) electrons. The summed E-state index contributed by atoms with van der Waals surface area (Å²) in [6.45, 7) is 1.02. The lowest BCUT2D eigenvalue weighted by Crippen LogP contribution is -2.29. The third kappa shape index (κ3) is 4.30. The van der Waals surface area contributed by atoms with Crippen LogP contribution in [0.5, 0.6) is 0 Å². The largest absolute Gasteiger partial charge is 0.388 e. The van der Waals surface area contributed by atoms with Gasteiger partial charge in [-0.15, -0.1) is 0 Å². The Morgan fingerprint density at radius 1 is 1.25 bits per heavy atom. The van der Waals surface area contributed by atoms with E-state index in [1.54, 1.807) is 24.3 Å². The van der Waals surface area contributed by atoms with E-state index in [0.29, 0.717) is 17.4 Å². The van der Waals surface area contributed by atoms with Crippen LogP contribution < -0.4 is 5.32 Å². The zero-order valence-electron chi connectivity index (χ0n) is 11.9. The van der Waals surface area contributed by atoms with Gasteiger partial charge in [0.2, 0.25) is 0 Å². The highest BCUT2D eigenvalue weighted by molar-refractivity contribution is 7.90. The first-order valence-corrected chi connectivity index (χ1v) is 9.07. The highest BCUT2D eigenvalue weighted by Crippen LogP contribution is 2.23. The molecule has 20 heavy (non-hydrogen) atoms. The smallest absolute Gasteiger partial charge is 0.175 e. The molecule has 1 aliphatic rings. The molecule has 5 heteroatoms. The lowest BCUT2D eigenvalue weighted by atomic mass is 9.99. The normalized spacial score (nSPS) is 22.2. The number of nitrogens with one attached hydrogen (secondary N) is 1. The molecule has 2 rings (SSSR count). The monoisotopic (exact) mass is 297 g/mol. The summed E-state index contributed by atoms with van der Waals surface area (Å²) >= 11 is 0. The van der Waals surface area contributed by atoms with Crippen LogP contribution in [0.15, 0.2) is 29.2 Å². The van der Waals surface area contributed by atoms with Gasteiger partial charge in [0.1, 0.15) is 0 Å². The molecule has 1 aromatic rings. The van der Waals surface area contributed by atoms with Crippen molar-refractivity contribution in [2.75, 3.05) is 12.8 Å². The van der Waals surface area contributed by atoms with Gasteiger partial charge in [0.25, 0.3) is 0 Å². The lowest BCUT2D eigenvalue weighted by Gasteiger charge is -2.20. The molecule has 4 nitrogen and oxygen atoms in total. The van der Waals surface area contributed by atoms with Gasteiger partial charge in [-0.1, -0.05) is 25.0 Å². The first-order chi connectivity index (χ1) is 9.47. The van der Waals surface area contributed by atoms with Crippen molar-refractivity contribution < 1.29 is 13.5 Å². The van der Waals surface area contributed by atoms with Crippen molar-refractivity contribution in [2.24, 2.45) is 0 Å². The third-order valence-electron chi connectivity index (χ3n) is 3.86. The summed E-state index contributed by atoms with van der Waals surface area (Å²) in [4.78, 5) is 0.293. The number of aliphatic hydroxyl groups excluding tert-OH is 1. The Morgan fingerprint density at radius 3 is 2.60 bits per heavy atom. The highest BCUT2D eigenvalue weighted by atomic mass is 32.2. The van der Waals surface area contributed by atoms with Crippen molar-refractivity contribution in [3.63, 3.8) is 0 Å². The fraction of sp³-hybridized carbons (Fsp3) is 0.600. The summed E-state index contributed by atoms with van der Waals surface area (Å²) in [5, 5.41) is 13.7. The van der Waals surface area contributed by atoms with Crippen LogP contribution in [0.4, 0.5) is 0 Å². The van der Waals surface area contributed by atoms with E-state index in [1.165, 1.54) is 25.5 Å². The van der Waals surface area contributed by atoms with Crippen molar-refractivity contribution in [1.82, 2.24) is 5.32 Å². The maximum Gasteiger partial charge on any atom is 0.175 e. The molecule has 0 aromatic heterocycles. The zero-order valence-corrected chi connectivity index (χ0v) is 12.7. The molecule has 1 aliphatic heterocycles. The van der Waals surface area contributed by atoms with Gasteiger partial charge in [0.05, 0.1) is 11.0 Å². The Balaban J connectivity index is 1.99. The minimum atomic E-state index is -3.17. The van der Waals surface area contributed by atoms with E-state index in [2.05, 4.69) is 5.32 Å². The van der Waals surface area contributed by atoms with E-state index in [1.807, 2.05) is 0 Å². The predicted molar refractivity (Wildman–Crippen MR) is 79.4 cm³/mol. The number of benzene rings is 1. The average molecular weight is 297 g/mol. The maximum atomic E-state index is 11.4. The van der Waals surface area contributed by atoms with E-state index < -0.39 is 15.9 Å². The predicted octanol–water partition coefficient (Wildman–Crippen LogP) is 2.05. The first kappa shape index (κ1) is 15.5. The second-order valence-electron chi connectivity index (χ2n) is 5.59. The van der Waals surface area contributed by atoms with E-state index in [0.717, 1.165) is 18.5 Å². The van der Waals surface area contributed by atoms with Gasteiger partial charge in [-0.25, -0.2) is 8.42 Å². The van der Waals surface area contributed by atoms with Crippen molar-refractivity contribution in [1.29, 1.82) is 0 Å². The first-order valence-electron chi connectivity index (χ1n) is 7.18. The van der Waals surface area contributed by atoms with E-state index in [-0.39, 0.29) is 0 Å². The minimum absolute atomic E-state index is 0.293. The topological polar surface area (TPSA) is 66.4 Å². The Kier molecular flexibility index (Phi) is 5.18. The fourth-order valence-electron chi connectivity index (χ4n) is 2.64. The Hall–Kier alpha value is -0.910. The molecule has 0 bridgehead atoms. The highest BCUT2D eigenvalue weighted by Gasteiger charge is 2.17. The zero-order chi connectivity index (χ0) is 14.6. The average Bonchev–Trinajstić information content (AvgIpc) is 2.66. The lowest BCUT2D eigenvalue weighted by molar-refractivity contribution is 0.150. The molecule has 0 amide bonds. The van der Waals surface area contributed by atoms with Crippen molar-refractivity contribution in [3.8, 4) is 0 Å². The van der Waals surface area contributed by atoms with Gasteiger partial charge in [-0.2, -0.15) is 0 Å². The molecule has 112 valence electrons. The SMILES string of the molecule is CS(=O)(=O)c1ccc(C(O)CC2CCCCCN2)cc1. The summed E-state index contributed by atoms with van der Waals surface area (Å²) in [6, 6.07) is 6.89. The molecular formula is C15H23NO3S. The molecule has 1 saturated heterocycles. The Bertz CT molecular complexity index is 517. The summed E-state index contributed by atoms with van der Waals surface area (Å²) < 4.78 is 22.8. The summed E-state index contributed by atoms with van der Waals surface area (Å²) in [5.74, 6) is 0. The standard InChI is InChI=1S/C15H23NO3S/c1-20(18,19)14-8-6-12(7-9-14)15(17)11-13-5-3-2-4-10-16-13/h6-9,13,15-17H,2-5,10-11H2,1H3. The van der Waals surface area contributed by atoms with Crippen molar-refractivity contribution in [3.05, 3.63) is 29.8 Å². The van der Waals surface area contributed by atoms with Crippen LogP contribution in [0, 0.1) is 0 Å². The number of hydrogen-bond acceptors (Lipinski definition) is 4. The second kappa shape index (κ2) is 6.70. The third-order valence-corrected chi connectivity index (χ3v) is 4.99. The van der Waals surface area contributed by atoms with Crippen LogP contribution in [0.2, 0.25) is 0 Å². The molecule has 1 heterocycles. The van der Waals surface area contributed by atoms with Gasteiger partial charge in [-0.3, -0.25) is 0 Å². The quantitative estimate of drug-likeness (QED) is 0.892.